The molecular weight excluding hydrogens is 184 g/mol. The highest BCUT2D eigenvalue weighted by molar-refractivity contribution is 5.69. The summed E-state index contributed by atoms with van der Waals surface area (Å²) in [7, 11) is 0. The molecule has 4 nitrogen and oxygen atoms in total. The average molecular weight is 204 g/mol. The van der Waals surface area contributed by atoms with Gasteiger partial charge < -0.3 is 14.9 Å². The molecule has 0 radical (unpaired) electrons. The van der Waals surface area contributed by atoms with Crippen molar-refractivity contribution in [1.82, 2.24) is 0 Å². The molecule has 0 aliphatic carbocycles. The van der Waals surface area contributed by atoms with Crippen LogP contribution in [0.25, 0.3) is 0 Å². The van der Waals surface area contributed by atoms with Crippen molar-refractivity contribution < 1.29 is 19.7 Å². The molecule has 0 aromatic carbocycles. The Labute approximate surface area is 84.9 Å². The number of carbonyl (C=O) groups is 1. The molecule has 0 bridgehead atoms. The Morgan fingerprint density at radius 1 is 1.36 bits per heavy atom. The molecule has 0 fully saturated rings. The first-order valence-electron chi connectivity index (χ1n) is 4.99. The molecule has 0 aliphatic heterocycles. The highest BCUT2D eigenvalue weighted by atomic mass is 16.5. The smallest absolute Gasteiger partial charge is 0.306 e. The van der Waals surface area contributed by atoms with Crippen molar-refractivity contribution in [3.63, 3.8) is 0 Å². The Morgan fingerprint density at radius 3 is 2.43 bits per heavy atom. The van der Waals surface area contributed by atoms with Gasteiger partial charge in [-0.15, -0.1) is 0 Å². The minimum atomic E-state index is -0.758. The van der Waals surface area contributed by atoms with Gasteiger partial charge in [-0.1, -0.05) is 13.8 Å². The molecule has 84 valence electrons. The lowest BCUT2D eigenvalue weighted by Crippen LogP contribution is -2.18. The first-order chi connectivity index (χ1) is 6.57. The molecule has 4 heteroatoms. The summed E-state index contributed by atoms with van der Waals surface area (Å²) in [6, 6.07) is 0. The quantitative estimate of drug-likeness (QED) is 0.582. The molecule has 0 saturated heterocycles. The fourth-order valence-electron chi connectivity index (χ4n) is 1.30. The van der Waals surface area contributed by atoms with Crippen LogP contribution in [0.5, 0.6) is 0 Å². The molecule has 1 unspecified atom stereocenters. The van der Waals surface area contributed by atoms with E-state index < -0.39 is 5.97 Å². The van der Waals surface area contributed by atoms with E-state index in [1.807, 2.05) is 13.8 Å². The minimum absolute atomic E-state index is 0.0120. The highest BCUT2D eigenvalue weighted by Crippen LogP contribution is 2.15. The average Bonchev–Trinajstić information content (AvgIpc) is 2.09. The second kappa shape index (κ2) is 7.76. The lowest BCUT2D eigenvalue weighted by Gasteiger charge is -2.14. The van der Waals surface area contributed by atoms with E-state index in [2.05, 4.69) is 0 Å². The van der Waals surface area contributed by atoms with E-state index in [1.165, 1.54) is 0 Å². The summed E-state index contributed by atoms with van der Waals surface area (Å²) in [5, 5.41) is 17.3. The zero-order chi connectivity index (χ0) is 11.0. The number of hydrogen-bond acceptors (Lipinski definition) is 3. The van der Waals surface area contributed by atoms with Crippen molar-refractivity contribution in [3.8, 4) is 0 Å². The maximum atomic E-state index is 10.8. The number of carboxylic acid groups (broad SMARTS) is 1. The van der Waals surface area contributed by atoms with Gasteiger partial charge in [-0.25, -0.2) is 0 Å². The molecule has 0 rings (SSSR count). The molecule has 0 saturated carbocycles. The molecule has 0 aromatic heterocycles. The molecule has 0 spiro atoms. The second-order valence-electron chi connectivity index (χ2n) is 3.79. The fourth-order valence-corrected chi connectivity index (χ4v) is 1.30. The third-order valence-electron chi connectivity index (χ3n) is 1.95. The molecule has 0 amide bonds. The summed E-state index contributed by atoms with van der Waals surface area (Å²) in [6.45, 7) is 4.69. The van der Waals surface area contributed by atoms with Crippen molar-refractivity contribution >= 4 is 5.97 Å². The first-order valence-corrected chi connectivity index (χ1v) is 4.99. The zero-order valence-electron chi connectivity index (χ0n) is 8.90. The van der Waals surface area contributed by atoms with Gasteiger partial charge in [0.2, 0.25) is 0 Å². The number of aliphatic carboxylic acids is 1. The lowest BCUT2D eigenvalue weighted by atomic mass is 9.95. The predicted octanol–water partition coefficient (Wildman–Crippen LogP) is 1.13. The van der Waals surface area contributed by atoms with Crippen molar-refractivity contribution in [2.45, 2.75) is 26.7 Å². The van der Waals surface area contributed by atoms with Gasteiger partial charge in [-0.05, 0) is 18.8 Å². The van der Waals surface area contributed by atoms with Crippen LogP contribution >= 0.6 is 0 Å². The molecule has 0 heterocycles. The molecular formula is C10H20O4. The van der Waals surface area contributed by atoms with Crippen molar-refractivity contribution in [3.05, 3.63) is 0 Å². The standard InChI is InChI=1S/C10H20O4/c1-8(2)7-9(10(12)13)3-5-14-6-4-11/h8-9,11H,3-7H2,1-2H3,(H,12,13). The molecule has 0 aromatic rings. The molecule has 2 N–H and O–H groups in total. The summed E-state index contributed by atoms with van der Waals surface area (Å²) in [5.74, 6) is -0.700. The Hall–Kier alpha value is -0.610. The van der Waals surface area contributed by atoms with Crippen LogP contribution in [0.1, 0.15) is 26.7 Å². The van der Waals surface area contributed by atoms with E-state index in [9.17, 15) is 4.79 Å². The zero-order valence-corrected chi connectivity index (χ0v) is 8.90. The monoisotopic (exact) mass is 204 g/mol. The van der Waals surface area contributed by atoms with Crippen LogP contribution in [-0.2, 0) is 9.53 Å². The number of carboxylic acids is 1. The normalized spacial score (nSPS) is 13.1. The van der Waals surface area contributed by atoms with E-state index in [1.54, 1.807) is 0 Å². The lowest BCUT2D eigenvalue weighted by molar-refractivity contribution is -0.143. The molecule has 14 heavy (non-hydrogen) atoms. The Morgan fingerprint density at radius 2 is 2.00 bits per heavy atom. The van der Waals surface area contributed by atoms with E-state index in [4.69, 9.17) is 14.9 Å². The molecule has 0 aliphatic rings. The van der Waals surface area contributed by atoms with Crippen molar-refractivity contribution in [2.24, 2.45) is 11.8 Å². The van der Waals surface area contributed by atoms with Gasteiger partial charge in [0.05, 0.1) is 19.1 Å². The van der Waals surface area contributed by atoms with Crippen LogP contribution in [-0.4, -0.2) is 36.0 Å². The topological polar surface area (TPSA) is 66.8 Å². The Bertz CT molecular complexity index is 156. The summed E-state index contributed by atoms with van der Waals surface area (Å²) in [5.41, 5.74) is 0. The largest absolute Gasteiger partial charge is 0.481 e. The van der Waals surface area contributed by atoms with Gasteiger partial charge in [0.15, 0.2) is 0 Å². The Balaban J connectivity index is 3.68. The third kappa shape index (κ3) is 6.86. The summed E-state index contributed by atoms with van der Waals surface area (Å²) in [4.78, 5) is 10.8. The number of hydrogen-bond donors (Lipinski definition) is 2. The van der Waals surface area contributed by atoms with Gasteiger partial charge in [0.1, 0.15) is 0 Å². The fraction of sp³-hybridized carbons (Fsp3) is 0.900. The number of aliphatic hydroxyl groups excluding tert-OH is 1. The molecule has 1 atom stereocenters. The number of aliphatic hydroxyl groups is 1. The maximum Gasteiger partial charge on any atom is 0.306 e. The van der Waals surface area contributed by atoms with Gasteiger partial charge in [-0.2, -0.15) is 0 Å². The summed E-state index contributed by atoms with van der Waals surface area (Å²) >= 11 is 0. The summed E-state index contributed by atoms with van der Waals surface area (Å²) in [6.07, 6.45) is 1.20. The third-order valence-corrected chi connectivity index (χ3v) is 1.95. The number of rotatable bonds is 8. The highest BCUT2D eigenvalue weighted by Gasteiger charge is 2.18. The van der Waals surface area contributed by atoms with E-state index >= 15 is 0 Å². The SMILES string of the molecule is CC(C)CC(CCOCCO)C(=O)O. The Kier molecular flexibility index (Phi) is 7.42. The van der Waals surface area contributed by atoms with Crippen molar-refractivity contribution in [1.29, 1.82) is 0 Å². The van der Waals surface area contributed by atoms with Crippen LogP contribution in [0, 0.1) is 11.8 Å². The van der Waals surface area contributed by atoms with Crippen LogP contribution in [0.15, 0.2) is 0 Å². The number of ether oxygens (including phenoxy) is 1. The van der Waals surface area contributed by atoms with Crippen molar-refractivity contribution in [2.75, 3.05) is 19.8 Å². The van der Waals surface area contributed by atoms with E-state index in [-0.39, 0.29) is 19.1 Å². The van der Waals surface area contributed by atoms with Gasteiger partial charge in [0, 0.05) is 6.61 Å². The predicted molar refractivity (Wildman–Crippen MR) is 53.1 cm³/mol. The van der Waals surface area contributed by atoms with E-state index in [0.717, 1.165) is 0 Å². The van der Waals surface area contributed by atoms with Gasteiger partial charge in [0.25, 0.3) is 0 Å². The van der Waals surface area contributed by atoms with Gasteiger partial charge in [-0.3, -0.25) is 4.79 Å². The van der Waals surface area contributed by atoms with Crippen LogP contribution in [0.3, 0.4) is 0 Å². The first kappa shape index (κ1) is 13.4. The van der Waals surface area contributed by atoms with Crippen LogP contribution < -0.4 is 0 Å². The van der Waals surface area contributed by atoms with Gasteiger partial charge >= 0.3 is 5.97 Å². The second-order valence-corrected chi connectivity index (χ2v) is 3.79. The minimum Gasteiger partial charge on any atom is -0.481 e. The maximum absolute atomic E-state index is 10.8. The van der Waals surface area contributed by atoms with Crippen LogP contribution in [0.4, 0.5) is 0 Å². The van der Waals surface area contributed by atoms with Crippen LogP contribution in [0.2, 0.25) is 0 Å². The summed E-state index contributed by atoms with van der Waals surface area (Å²) < 4.78 is 5.03. The van der Waals surface area contributed by atoms with E-state index in [0.29, 0.717) is 25.4 Å².